The van der Waals surface area contributed by atoms with E-state index < -0.39 is 0 Å². The molecule has 0 spiro atoms. The lowest BCUT2D eigenvalue weighted by molar-refractivity contribution is 0.668. The van der Waals surface area contributed by atoms with Gasteiger partial charge in [0.2, 0.25) is 0 Å². The van der Waals surface area contributed by atoms with Crippen molar-refractivity contribution >= 4 is 217 Å². The fraction of sp³-hybridized carbons (Fsp3) is 0. The minimum Gasteiger partial charge on any atom is -0.456 e. The van der Waals surface area contributed by atoms with Crippen molar-refractivity contribution in [2.24, 2.45) is 0 Å². The number of rotatable bonds is 11. The lowest BCUT2D eigenvalue weighted by atomic mass is 9.98. The van der Waals surface area contributed by atoms with Gasteiger partial charge in [-0.05, 0) is 230 Å². The van der Waals surface area contributed by atoms with Gasteiger partial charge in [0.25, 0.3) is 0 Å². The summed E-state index contributed by atoms with van der Waals surface area (Å²) < 4.78 is 23.4. The molecule has 0 atom stereocenters. The Bertz CT molecular complexity index is 8430. The lowest BCUT2D eigenvalue weighted by Crippen LogP contribution is -2.09. The standard InChI is InChI=1S/C108H64N4O2S2/c1-2-22-75(23-3-1)109(76-42-37-66(38-43-76)90-60-81(62-95-88-27-11-16-32-105(88)115-107(90)95)111-97-29-13-8-24-83(97)92-54-69-20-6-7-21-70(69)56-99(92)111)80-47-50-87-86-49-41-73(58-103(86)114-104(87)64-80)71-34-35-72-57-100-93(55-74(72)52-71)84-25-9-14-30-98(84)112(100)82-61-91(108-96(63-82)89-28-12-17-33-106(89)116-108)67-39-44-77(45-40-67)110(78-46-36-65-18-4-5-19-68(65)53-78)79-48-51-102-94(59-79)85-26-10-15-31-101(85)113-102/h1-64H. The van der Waals surface area contributed by atoms with Crippen molar-refractivity contribution in [1.29, 1.82) is 0 Å². The number of nitrogens with zero attached hydrogens (tertiary/aromatic N) is 4. The maximum atomic E-state index is 7.00. The van der Waals surface area contributed by atoms with Crippen molar-refractivity contribution < 1.29 is 8.83 Å². The number of para-hydroxylation sites is 4. The van der Waals surface area contributed by atoms with Crippen molar-refractivity contribution in [1.82, 2.24) is 9.13 Å². The summed E-state index contributed by atoms with van der Waals surface area (Å²) in [6.45, 7) is 0. The summed E-state index contributed by atoms with van der Waals surface area (Å²) in [6, 6.07) is 143. The average molecular weight is 1510 g/mol. The quantitative estimate of drug-likeness (QED) is 0.129. The van der Waals surface area contributed by atoms with Crippen LogP contribution in [0.1, 0.15) is 0 Å². The summed E-state index contributed by atoms with van der Waals surface area (Å²) in [7, 11) is 0. The molecule has 6 nitrogen and oxygen atoms in total. The predicted molar refractivity (Wildman–Crippen MR) is 494 cm³/mol. The van der Waals surface area contributed by atoms with Crippen LogP contribution < -0.4 is 9.80 Å². The van der Waals surface area contributed by atoms with Crippen LogP contribution in [0, 0.1) is 0 Å². The predicted octanol–water partition coefficient (Wildman–Crippen LogP) is 31.8. The van der Waals surface area contributed by atoms with Crippen molar-refractivity contribution in [3.05, 3.63) is 388 Å². The molecule has 6 heterocycles. The number of furan rings is 2. The number of hydrogen-bond donors (Lipinski definition) is 0. The highest BCUT2D eigenvalue weighted by atomic mass is 32.1. The van der Waals surface area contributed by atoms with Crippen molar-refractivity contribution in [2.45, 2.75) is 0 Å². The van der Waals surface area contributed by atoms with Gasteiger partial charge in [0, 0.05) is 146 Å². The van der Waals surface area contributed by atoms with Gasteiger partial charge in [0.15, 0.2) is 0 Å². The molecular formula is C108H64N4O2S2. The van der Waals surface area contributed by atoms with Crippen LogP contribution in [0.5, 0.6) is 0 Å². The SMILES string of the molecule is c1ccc(N(c2ccc(-c3cc(-n4c5ccccc5c5cc6ccccc6cc54)cc4c3sc3ccccc34)cc2)c2ccc3c(c2)oc2cc(-c4ccc5cc6c(cc5c4)c4ccccc4n6-c4cc(-c5ccc(N(c6ccc7ccccc7c6)c6ccc7oc8ccccc8c7c6)cc5)c5sc6ccccc6c5c4)ccc23)cc1. The first-order valence-corrected chi connectivity index (χ1v) is 41.1. The zero-order valence-corrected chi connectivity index (χ0v) is 64.0. The van der Waals surface area contributed by atoms with Crippen LogP contribution in [0.15, 0.2) is 397 Å². The number of benzene rings is 19. The fourth-order valence-electron chi connectivity index (χ4n) is 18.7. The minimum absolute atomic E-state index is 0.830. The van der Waals surface area contributed by atoms with E-state index in [9.17, 15) is 0 Å². The highest BCUT2D eigenvalue weighted by Gasteiger charge is 2.25. The van der Waals surface area contributed by atoms with E-state index >= 15 is 0 Å². The molecule has 6 aromatic heterocycles. The van der Waals surface area contributed by atoms with Crippen molar-refractivity contribution in [3.8, 4) is 44.8 Å². The third-order valence-corrected chi connectivity index (χ3v) is 26.6. The van der Waals surface area contributed by atoms with Gasteiger partial charge in [-0.15, -0.1) is 22.7 Å². The second-order valence-electron chi connectivity index (χ2n) is 30.7. The second-order valence-corrected chi connectivity index (χ2v) is 32.8. The first-order valence-electron chi connectivity index (χ1n) is 39.5. The Morgan fingerprint density at radius 2 is 0.603 bits per heavy atom. The third kappa shape index (κ3) is 10.1. The van der Waals surface area contributed by atoms with Gasteiger partial charge in [-0.25, -0.2) is 0 Å². The van der Waals surface area contributed by atoms with E-state index in [4.69, 9.17) is 8.83 Å². The Morgan fingerprint density at radius 1 is 0.198 bits per heavy atom. The van der Waals surface area contributed by atoms with E-state index in [0.717, 1.165) is 123 Å². The Morgan fingerprint density at radius 3 is 1.25 bits per heavy atom. The van der Waals surface area contributed by atoms with Crippen LogP contribution in [-0.4, -0.2) is 9.13 Å². The number of thiophene rings is 2. The molecule has 0 aliphatic heterocycles. The normalized spacial score (nSPS) is 12.1. The molecular weight excluding hydrogens is 1450 g/mol. The van der Waals surface area contributed by atoms with Crippen molar-refractivity contribution in [3.63, 3.8) is 0 Å². The van der Waals surface area contributed by atoms with Crippen LogP contribution in [0.4, 0.5) is 34.1 Å². The topological polar surface area (TPSA) is 42.6 Å². The molecule has 0 N–H and O–H groups in total. The molecule has 0 fully saturated rings. The largest absolute Gasteiger partial charge is 0.456 e. The van der Waals surface area contributed by atoms with Crippen LogP contribution in [-0.2, 0) is 0 Å². The molecule has 0 bridgehead atoms. The van der Waals surface area contributed by atoms with Crippen LogP contribution in [0.25, 0.3) is 205 Å². The molecule has 0 saturated carbocycles. The van der Waals surface area contributed by atoms with E-state index in [1.165, 1.54) is 116 Å². The molecule has 25 aromatic rings. The average Bonchev–Trinajstić information content (AvgIpc) is 1.57. The van der Waals surface area contributed by atoms with Crippen LogP contribution in [0.2, 0.25) is 0 Å². The summed E-state index contributed by atoms with van der Waals surface area (Å²) in [5.74, 6) is 0. The van der Waals surface area contributed by atoms with E-state index in [2.05, 4.69) is 395 Å². The molecule has 19 aromatic carbocycles. The maximum Gasteiger partial charge on any atom is 0.137 e. The Balaban J connectivity index is 0.559. The van der Waals surface area contributed by atoms with E-state index in [1.54, 1.807) is 0 Å². The zero-order chi connectivity index (χ0) is 75.8. The Kier molecular flexibility index (Phi) is 14.2. The summed E-state index contributed by atoms with van der Waals surface area (Å²) in [6.07, 6.45) is 0. The number of anilines is 6. The van der Waals surface area contributed by atoms with Gasteiger partial charge in [-0.1, -0.05) is 206 Å². The summed E-state index contributed by atoms with van der Waals surface area (Å²) in [5, 5.41) is 21.5. The molecule has 0 saturated heterocycles. The highest BCUT2D eigenvalue weighted by Crippen LogP contribution is 2.50. The minimum atomic E-state index is 0.830. The van der Waals surface area contributed by atoms with Gasteiger partial charge in [0.05, 0.1) is 22.1 Å². The molecule has 0 aliphatic rings. The Labute approximate surface area is 672 Å². The van der Waals surface area contributed by atoms with Gasteiger partial charge in [0.1, 0.15) is 22.3 Å². The Hall–Kier alpha value is -14.8. The molecule has 540 valence electrons. The monoisotopic (exact) mass is 1510 g/mol. The van der Waals surface area contributed by atoms with Gasteiger partial charge < -0.3 is 27.8 Å². The van der Waals surface area contributed by atoms with E-state index in [1.807, 2.05) is 34.8 Å². The fourth-order valence-corrected chi connectivity index (χ4v) is 21.2. The smallest absolute Gasteiger partial charge is 0.137 e. The second kappa shape index (κ2) is 25.4. The third-order valence-electron chi connectivity index (χ3n) is 24.2. The van der Waals surface area contributed by atoms with Crippen LogP contribution in [0.3, 0.4) is 0 Å². The van der Waals surface area contributed by atoms with Gasteiger partial charge in [-0.2, -0.15) is 0 Å². The molecule has 0 amide bonds. The number of fused-ring (bicyclic) bond motifs is 21. The summed E-state index contributed by atoms with van der Waals surface area (Å²) >= 11 is 3.74. The van der Waals surface area contributed by atoms with Crippen molar-refractivity contribution in [2.75, 3.05) is 9.80 Å². The lowest BCUT2D eigenvalue weighted by Gasteiger charge is -2.26. The number of aromatic nitrogens is 2. The highest BCUT2D eigenvalue weighted by molar-refractivity contribution is 7.26. The molecule has 0 aliphatic carbocycles. The number of hydrogen-bond acceptors (Lipinski definition) is 6. The molecule has 116 heavy (non-hydrogen) atoms. The molecule has 0 radical (unpaired) electrons. The maximum absolute atomic E-state index is 7.00. The molecule has 8 heteroatoms. The molecule has 0 unspecified atom stereocenters. The summed E-state index contributed by atoms with van der Waals surface area (Å²) in [5.41, 5.74) is 23.6. The van der Waals surface area contributed by atoms with E-state index in [-0.39, 0.29) is 0 Å². The van der Waals surface area contributed by atoms with Crippen LogP contribution >= 0.6 is 22.7 Å². The van der Waals surface area contributed by atoms with Gasteiger partial charge in [-0.3, -0.25) is 0 Å². The summed E-state index contributed by atoms with van der Waals surface area (Å²) in [4.78, 5) is 4.72. The first-order chi connectivity index (χ1) is 57.4. The molecule has 25 rings (SSSR count). The van der Waals surface area contributed by atoms with E-state index in [0.29, 0.717) is 0 Å². The zero-order valence-electron chi connectivity index (χ0n) is 62.4. The van der Waals surface area contributed by atoms with Gasteiger partial charge >= 0.3 is 0 Å². The first kappa shape index (κ1) is 64.8.